The average Bonchev–Trinajstić information content (AvgIpc) is 2.81. The van der Waals surface area contributed by atoms with E-state index >= 15 is 0 Å². The number of aliphatic hydroxyl groups is 4. The molecule has 0 radical (unpaired) electrons. The summed E-state index contributed by atoms with van der Waals surface area (Å²) >= 11 is 0. The summed E-state index contributed by atoms with van der Waals surface area (Å²) in [6.45, 7) is 20.2. The van der Waals surface area contributed by atoms with Crippen LogP contribution in [0.1, 0.15) is 93.9 Å². The van der Waals surface area contributed by atoms with Crippen LogP contribution in [-0.2, 0) is 28.4 Å². The lowest BCUT2D eigenvalue weighted by Crippen LogP contribution is -2.13. The summed E-state index contributed by atoms with van der Waals surface area (Å²) in [5.74, 6) is 0. The maximum Gasteiger partial charge on any atom is 0.151 e. The monoisotopic (exact) mass is 546 g/mol. The van der Waals surface area contributed by atoms with Gasteiger partial charge in [0.2, 0.25) is 0 Å². The molecule has 0 amide bonds. The van der Waals surface area contributed by atoms with Gasteiger partial charge in [-0.15, -0.1) is 0 Å². The van der Waals surface area contributed by atoms with Crippen LogP contribution < -0.4 is 0 Å². The van der Waals surface area contributed by atoms with Crippen LogP contribution in [0.5, 0.6) is 0 Å². The molecule has 0 fully saturated rings. The normalized spacial score (nSPS) is 13.6. The van der Waals surface area contributed by atoms with E-state index in [0.717, 1.165) is 51.7 Å². The highest BCUT2D eigenvalue weighted by Crippen LogP contribution is 1.91. The van der Waals surface area contributed by atoms with E-state index in [4.69, 9.17) is 44.1 Å². The summed E-state index contributed by atoms with van der Waals surface area (Å²) in [5, 5.41) is 34.4. The topological polar surface area (TPSA) is 136 Å². The molecule has 0 rings (SSSR count). The molecule has 0 heterocycles. The summed E-state index contributed by atoms with van der Waals surface area (Å²) < 4.78 is 29.8. The molecule has 230 valence electrons. The Bertz CT molecular complexity index is 356. The van der Waals surface area contributed by atoms with Gasteiger partial charge in [0.25, 0.3) is 0 Å². The molecule has 10 heteroatoms. The van der Waals surface area contributed by atoms with Crippen molar-refractivity contribution in [3.63, 3.8) is 0 Å². The first-order valence-corrected chi connectivity index (χ1v) is 13.9. The molecular formula is C27H62O10. The fourth-order valence-corrected chi connectivity index (χ4v) is 1.99. The van der Waals surface area contributed by atoms with E-state index in [1.165, 1.54) is 0 Å². The molecule has 0 saturated carbocycles. The number of hydrogen-bond donors (Lipinski definition) is 4. The van der Waals surface area contributed by atoms with Crippen LogP contribution >= 0.6 is 0 Å². The molecule has 37 heavy (non-hydrogen) atoms. The molecule has 0 saturated heterocycles. The van der Waals surface area contributed by atoms with Crippen LogP contribution in [0.25, 0.3) is 0 Å². The number of rotatable bonds is 21. The minimum absolute atomic E-state index is 0.374. The second-order valence-electron chi connectivity index (χ2n) is 8.20. The fourth-order valence-electron chi connectivity index (χ4n) is 1.99. The van der Waals surface area contributed by atoms with Gasteiger partial charge in [-0.05, 0) is 53.9 Å². The van der Waals surface area contributed by atoms with E-state index in [1.54, 1.807) is 27.7 Å². The van der Waals surface area contributed by atoms with E-state index in [-0.39, 0.29) is 6.10 Å². The van der Waals surface area contributed by atoms with Gasteiger partial charge < -0.3 is 48.8 Å². The predicted molar refractivity (Wildman–Crippen MR) is 147 cm³/mol. The summed E-state index contributed by atoms with van der Waals surface area (Å²) in [5.41, 5.74) is 0. The smallest absolute Gasteiger partial charge is 0.151 e. The largest absolute Gasteiger partial charge is 0.391 e. The SMILES string of the molecule is CCCCOC(C)O.CCCCOCCOC(C)O.CCCCOCCOCC(C)O.CCOC(C)O. The highest BCUT2D eigenvalue weighted by atomic mass is 16.6. The van der Waals surface area contributed by atoms with Gasteiger partial charge in [0.1, 0.15) is 0 Å². The third kappa shape index (κ3) is 66.4. The van der Waals surface area contributed by atoms with E-state index < -0.39 is 18.9 Å². The van der Waals surface area contributed by atoms with Gasteiger partial charge >= 0.3 is 0 Å². The lowest BCUT2D eigenvalue weighted by atomic mass is 10.4. The molecule has 4 N–H and O–H groups in total. The van der Waals surface area contributed by atoms with E-state index in [1.807, 2.05) is 6.92 Å². The predicted octanol–water partition coefficient (Wildman–Crippen LogP) is 3.86. The Balaban J connectivity index is -0.000000203. The Kier molecular flexibility index (Phi) is 47.3. The molecule has 0 aliphatic heterocycles. The first-order chi connectivity index (χ1) is 17.6. The van der Waals surface area contributed by atoms with Crippen LogP contribution in [-0.4, -0.2) is 105 Å². The Morgan fingerprint density at radius 1 is 0.459 bits per heavy atom. The van der Waals surface area contributed by atoms with Gasteiger partial charge in [-0.2, -0.15) is 0 Å². The maximum absolute atomic E-state index is 8.83. The van der Waals surface area contributed by atoms with Gasteiger partial charge in [-0.3, -0.25) is 0 Å². The molecule has 4 unspecified atom stereocenters. The standard InChI is InChI=1S/C9H20O3.C8H18O3.C6H14O2.C4H10O2/c1-3-4-5-11-6-7-12-8-9(2)10;1-3-4-5-10-6-7-11-8(2)9;1-3-4-5-8-6(2)7;1-3-6-4(2)5/h9-10H,3-8H2,1-2H3;8-9H,3-7H2,1-2H3;6-7H,3-5H2,1-2H3;4-5H,3H2,1-2H3. The van der Waals surface area contributed by atoms with Crippen LogP contribution in [0.4, 0.5) is 0 Å². The molecule has 0 aliphatic carbocycles. The average molecular weight is 547 g/mol. The Labute approximate surface area is 227 Å². The number of aliphatic hydroxyl groups excluding tert-OH is 4. The van der Waals surface area contributed by atoms with Crippen molar-refractivity contribution in [2.75, 3.05) is 59.5 Å². The van der Waals surface area contributed by atoms with Crippen LogP contribution in [0.2, 0.25) is 0 Å². The van der Waals surface area contributed by atoms with Gasteiger partial charge in [-0.1, -0.05) is 40.0 Å². The first-order valence-electron chi connectivity index (χ1n) is 13.9. The van der Waals surface area contributed by atoms with E-state index in [0.29, 0.717) is 46.2 Å². The second kappa shape index (κ2) is 40.1. The molecule has 0 aliphatic rings. The minimum atomic E-state index is -0.676. The van der Waals surface area contributed by atoms with Gasteiger partial charge in [0.15, 0.2) is 18.9 Å². The van der Waals surface area contributed by atoms with E-state index in [2.05, 4.69) is 25.5 Å². The number of ether oxygens (including phenoxy) is 6. The lowest BCUT2D eigenvalue weighted by Gasteiger charge is -2.06. The highest BCUT2D eigenvalue weighted by molar-refractivity contribution is 4.41. The summed E-state index contributed by atoms with van der Waals surface area (Å²) in [7, 11) is 0. The molecule has 0 aromatic rings. The minimum Gasteiger partial charge on any atom is -0.391 e. The second-order valence-corrected chi connectivity index (χ2v) is 8.20. The van der Waals surface area contributed by atoms with Gasteiger partial charge in [0, 0.05) is 26.4 Å². The number of hydrogen-bond acceptors (Lipinski definition) is 10. The molecule has 10 nitrogen and oxygen atoms in total. The Morgan fingerprint density at radius 3 is 1.19 bits per heavy atom. The molecule has 0 aromatic carbocycles. The molecule has 0 aromatic heterocycles. The van der Waals surface area contributed by atoms with Crippen molar-refractivity contribution in [2.24, 2.45) is 0 Å². The molecule has 4 atom stereocenters. The van der Waals surface area contributed by atoms with Crippen molar-refractivity contribution >= 4 is 0 Å². The van der Waals surface area contributed by atoms with E-state index in [9.17, 15) is 0 Å². The quantitative estimate of drug-likeness (QED) is 0.124. The third-order valence-electron chi connectivity index (χ3n) is 3.87. The zero-order chi connectivity index (χ0) is 29.2. The molecular weight excluding hydrogens is 484 g/mol. The zero-order valence-corrected chi connectivity index (χ0v) is 25.2. The zero-order valence-electron chi connectivity index (χ0n) is 25.2. The van der Waals surface area contributed by atoms with Gasteiger partial charge in [0.05, 0.1) is 39.1 Å². The van der Waals surface area contributed by atoms with Crippen molar-refractivity contribution in [1.29, 1.82) is 0 Å². The maximum atomic E-state index is 8.83. The van der Waals surface area contributed by atoms with Crippen molar-refractivity contribution in [2.45, 2.75) is 119 Å². The summed E-state index contributed by atoms with van der Waals surface area (Å²) in [6.07, 6.45) is 4.41. The summed E-state index contributed by atoms with van der Waals surface area (Å²) in [6, 6.07) is 0. The lowest BCUT2D eigenvalue weighted by molar-refractivity contribution is -0.0994. The Hall–Kier alpha value is -0.400. The van der Waals surface area contributed by atoms with Crippen LogP contribution in [0.3, 0.4) is 0 Å². The Morgan fingerprint density at radius 2 is 0.838 bits per heavy atom. The molecule has 0 spiro atoms. The molecule has 0 bridgehead atoms. The van der Waals surface area contributed by atoms with Crippen molar-refractivity contribution < 1.29 is 48.8 Å². The highest BCUT2D eigenvalue weighted by Gasteiger charge is 1.95. The fraction of sp³-hybridized carbons (Fsp3) is 1.00. The number of unbranched alkanes of at least 4 members (excludes halogenated alkanes) is 3. The van der Waals surface area contributed by atoms with Crippen molar-refractivity contribution in [3.8, 4) is 0 Å². The van der Waals surface area contributed by atoms with Gasteiger partial charge in [-0.25, -0.2) is 0 Å². The van der Waals surface area contributed by atoms with Crippen LogP contribution in [0.15, 0.2) is 0 Å². The summed E-state index contributed by atoms with van der Waals surface area (Å²) in [4.78, 5) is 0. The van der Waals surface area contributed by atoms with Crippen LogP contribution in [0, 0.1) is 0 Å². The van der Waals surface area contributed by atoms with Crippen molar-refractivity contribution in [1.82, 2.24) is 0 Å². The first kappa shape index (κ1) is 43.6. The van der Waals surface area contributed by atoms with Crippen molar-refractivity contribution in [3.05, 3.63) is 0 Å². The third-order valence-corrected chi connectivity index (χ3v) is 3.87.